The second-order valence-electron chi connectivity index (χ2n) is 28.8. The number of halogens is 3. The second-order valence-corrected chi connectivity index (χ2v) is 46.7. The van der Waals surface area contributed by atoms with Crippen LogP contribution in [0.5, 0.6) is 0 Å². The quantitative estimate of drug-likeness (QED) is 0.0263. The molecular formula is C78H95F2IO14S3Si3. The van der Waals surface area contributed by atoms with Crippen LogP contribution in [0.4, 0.5) is 8.78 Å². The third-order valence-electron chi connectivity index (χ3n) is 17.6. The van der Waals surface area contributed by atoms with Crippen molar-refractivity contribution in [1.82, 2.24) is 0 Å². The smallest absolute Gasteiger partial charge is 0.224 e. The lowest BCUT2D eigenvalue weighted by Crippen LogP contribution is -2.68. The lowest BCUT2D eigenvalue weighted by Gasteiger charge is -2.54. The highest BCUT2D eigenvalue weighted by atomic mass is 127. The molecule has 0 bridgehead atoms. The molecular weight excluding hydrogens is 1510 g/mol. The Morgan fingerprint density at radius 2 is 0.891 bits per heavy atom. The first-order valence-corrected chi connectivity index (χ1v) is 47.4. The predicted molar refractivity (Wildman–Crippen MR) is 415 cm³/mol. The molecule has 9 aromatic rings. The Morgan fingerprint density at radius 3 is 1.31 bits per heavy atom. The maximum Gasteiger partial charge on any atom is 0.224 e. The predicted octanol–water partition coefficient (Wildman–Crippen LogP) is 16.5. The van der Waals surface area contributed by atoms with Gasteiger partial charge in [0, 0.05) is 51.1 Å². The third kappa shape index (κ3) is 19.2. The fraction of sp³-hybridized carbons (Fsp3) is 0.385. The van der Waals surface area contributed by atoms with Crippen molar-refractivity contribution in [2.24, 2.45) is 0 Å². The molecule has 2 saturated heterocycles. The van der Waals surface area contributed by atoms with Gasteiger partial charge in [0.1, 0.15) is 66.6 Å². The van der Waals surface area contributed by atoms with Gasteiger partial charge >= 0.3 is 0 Å². The van der Waals surface area contributed by atoms with E-state index < -0.39 is 110 Å². The molecule has 0 aliphatic carbocycles. The maximum atomic E-state index is 13.5. The summed E-state index contributed by atoms with van der Waals surface area (Å²) in [6, 6.07) is 49.3. The minimum atomic E-state index is -2.26. The van der Waals surface area contributed by atoms with Gasteiger partial charge in [-0.2, -0.15) is 0 Å². The molecule has 3 aromatic heterocycles. The lowest BCUT2D eigenvalue weighted by molar-refractivity contribution is -0.366. The van der Waals surface area contributed by atoms with E-state index in [-0.39, 0.29) is 11.6 Å². The molecule has 0 spiro atoms. The number of aliphatic hydroxyl groups excluding tert-OH is 7. The Morgan fingerprint density at radius 1 is 0.495 bits per heavy atom. The molecule has 0 saturated carbocycles. The number of hydrogen-bond acceptors (Lipinski definition) is 17. The fourth-order valence-corrected chi connectivity index (χ4v) is 19.2. The minimum absolute atomic E-state index is 0.241. The Balaban J connectivity index is 0.000000187. The Labute approximate surface area is 621 Å². The first-order chi connectivity index (χ1) is 47.5. The molecule has 2 aliphatic rings. The van der Waals surface area contributed by atoms with E-state index in [9.17, 15) is 49.6 Å². The number of methoxy groups -OCH3 is 1. The van der Waals surface area contributed by atoms with Crippen molar-refractivity contribution in [3.8, 4) is 31.3 Å². The van der Waals surface area contributed by atoms with Crippen LogP contribution in [0, 0.1) is 42.9 Å². The van der Waals surface area contributed by atoms with Crippen LogP contribution in [0.2, 0.25) is 58.9 Å². The van der Waals surface area contributed by atoms with Crippen molar-refractivity contribution in [3.05, 3.63) is 244 Å². The van der Waals surface area contributed by atoms with E-state index in [1.165, 1.54) is 70.9 Å². The van der Waals surface area contributed by atoms with Crippen LogP contribution in [0.25, 0.3) is 31.3 Å². The molecule has 2 aliphatic heterocycles. The van der Waals surface area contributed by atoms with E-state index in [0.717, 1.165) is 71.8 Å². The zero-order chi connectivity index (χ0) is 73.8. The van der Waals surface area contributed by atoms with Crippen molar-refractivity contribution in [3.63, 3.8) is 0 Å². The molecule has 542 valence electrons. The summed E-state index contributed by atoms with van der Waals surface area (Å²) in [6.45, 7) is 28.5. The fourth-order valence-electron chi connectivity index (χ4n) is 12.4. The van der Waals surface area contributed by atoms with Gasteiger partial charge in [-0.3, -0.25) is 0 Å². The van der Waals surface area contributed by atoms with E-state index in [1.807, 2.05) is 132 Å². The van der Waals surface area contributed by atoms with Crippen LogP contribution < -0.4 is 0 Å². The van der Waals surface area contributed by atoms with E-state index in [0.29, 0.717) is 28.7 Å². The van der Waals surface area contributed by atoms with Gasteiger partial charge in [0.05, 0.1) is 18.8 Å². The normalized spacial score (nSPS) is 23.5. The molecule has 101 heavy (non-hydrogen) atoms. The second kappa shape index (κ2) is 33.3. The van der Waals surface area contributed by atoms with Crippen LogP contribution in [0.15, 0.2) is 164 Å². The average Bonchev–Trinajstić information content (AvgIpc) is 0.978. The summed E-state index contributed by atoms with van der Waals surface area (Å²) in [5.41, 5.74) is 9.90. The van der Waals surface area contributed by atoms with Crippen LogP contribution in [-0.2, 0) is 39.1 Å². The molecule has 0 radical (unpaired) electrons. The first-order valence-electron chi connectivity index (χ1n) is 33.7. The third-order valence-corrected chi connectivity index (χ3v) is 24.8. The largest absolute Gasteiger partial charge is 0.409 e. The van der Waals surface area contributed by atoms with Gasteiger partial charge in [0.25, 0.3) is 0 Å². The molecule has 14 nitrogen and oxygen atoms in total. The molecule has 0 amide bonds. The molecule has 13 atom stereocenters. The summed E-state index contributed by atoms with van der Waals surface area (Å²) in [5, 5.41) is 87.3. The van der Waals surface area contributed by atoms with Crippen molar-refractivity contribution in [2.45, 2.75) is 179 Å². The van der Waals surface area contributed by atoms with Crippen molar-refractivity contribution in [1.29, 1.82) is 0 Å². The first kappa shape index (κ1) is 80.2. The van der Waals surface area contributed by atoms with Crippen molar-refractivity contribution in [2.75, 3.05) is 13.7 Å². The molecule has 8 N–H and O–H groups in total. The van der Waals surface area contributed by atoms with Crippen molar-refractivity contribution >= 4 is 81.6 Å². The van der Waals surface area contributed by atoms with E-state index in [2.05, 4.69) is 81.5 Å². The number of hydrogen-bond donors (Lipinski definition) is 8. The van der Waals surface area contributed by atoms with Crippen LogP contribution in [0.3, 0.4) is 0 Å². The van der Waals surface area contributed by atoms with Crippen molar-refractivity contribution < 1.29 is 77.1 Å². The topological polar surface area (TPSA) is 217 Å². The molecule has 2 fully saturated rings. The van der Waals surface area contributed by atoms with Gasteiger partial charge in [0.2, 0.25) is 11.6 Å². The number of ether oxygens (including phenoxy) is 3. The Bertz CT molecular complexity index is 4210. The molecule has 23 heteroatoms. The zero-order valence-corrected chi connectivity index (χ0v) is 67.3. The highest BCUT2D eigenvalue weighted by molar-refractivity contribution is 14.1. The number of thiophene rings is 3. The van der Waals surface area contributed by atoms with E-state index >= 15 is 0 Å². The van der Waals surface area contributed by atoms with Gasteiger partial charge < -0.3 is 68.3 Å². The summed E-state index contributed by atoms with van der Waals surface area (Å²) < 4.78 is 66.1. The maximum absolute atomic E-state index is 13.5. The van der Waals surface area contributed by atoms with Gasteiger partial charge in [-0.15, -0.1) is 34.0 Å². The Hall–Kier alpha value is -4.90. The standard InChI is InChI=1S/C34H51FO6SSi3.C26H30O7S.C18H14FIOS/c1-12-27-31(39-43(3,4)5)32(40-44(6,7)8)33(41-45(9,10)11)34(37,38-27)24-16-13-22(2)26(21-24)30(36)29-20-19-28(42-29)23-14-17-25(35)18-15-23;1-14-4-7-16(8-5-14)20-10-11-21(34-20)22(28)18-12-17(9-6-15(18)2)26(32-3)25(31)24(30)23(29)19(13-27)33-26;1-11-2-7-14(20)10-15(11)18(21)17-9-8-16(22-17)12-3-5-13(19)6-4-12/h13-21,27,30-33,36-37H,12H2,1-11H3;4-12,19,22-25,27-31H,13H2,1-3H3;2-10,18,21H,1H3/t27-,30?,31-,32+,33-,34?;19-,22?,23-,24+,25-,26?;/m11./s1. The van der Waals surface area contributed by atoms with E-state index in [1.54, 1.807) is 42.5 Å². The van der Waals surface area contributed by atoms with Crippen LogP contribution >= 0.6 is 56.6 Å². The summed E-state index contributed by atoms with van der Waals surface area (Å²) >= 11 is 6.73. The molecule has 11 rings (SSSR count). The van der Waals surface area contributed by atoms with Gasteiger partial charge in [-0.25, -0.2) is 8.78 Å². The summed E-state index contributed by atoms with van der Waals surface area (Å²) in [6.07, 6.45) is -10.0. The summed E-state index contributed by atoms with van der Waals surface area (Å²) in [5.74, 6) is -4.21. The van der Waals surface area contributed by atoms with Crippen LogP contribution in [-0.4, -0.2) is 128 Å². The Kier molecular flexibility index (Phi) is 26.4. The molecule has 6 aromatic carbocycles. The SMILES string of the molecule is CC[C@H]1OC(O)(c2ccc(C)c(C(O)c3ccc(-c4ccc(F)cc4)s3)c2)[C@H](O[Si](C)(C)C)[C@@H](O[Si](C)(C)C)[C@@H]1O[Si](C)(C)C.COC1(c2ccc(C)c(C(O)c3ccc(-c4ccc(C)cc4)s3)c2)O[C@H](CO)[C@@H](O)[C@H](O)[C@H]1O.Cc1ccc(I)cc1C(O)c1ccc(-c2ccc(F)cc2)s1. The number of aryl methyl sites for hydroxylation is 4. The van der Waals surface area contributed by atoms with Crippen LogP contribution in [0.1, 0.15) is 96.4 Å². The average molecular weight is 1600 g/mol. The molecule has 5 heterocycles. The van der Waals surface area contributed by atoms with Gasteiger partial charge in [-0.05, 0) is 251 Å². The number of benzene rings is 6. The highest BCUT2D eigenvalue weighted by Gasteiger charge is 2.59. The highest BCUT2D eigenvalue weighted by Crippen LogP contribution is 2.47. The lowest BCUT2D eigenvalue weighted by atomic mass is 9.85. The summed E-state index contributed by atoms with van der Waals surface area (Å²) in [4.78, 5) is 5.38. The van der Waals surface area contributed by atoms with E-state index in [4.69, 9.17) is 27.5 Å². The zero-order valence-electron chi connectivity index (χ0n) is 59.7. The number of rotatable bonds is 20. The van der Waals surface area contributed by atoms with Gasteiger partial charge in [0.15, 0.2) is 25.0 Å². The minimum Gasteiger partial charge on any atom is -0.409 e. The monoisotopic (exact) mass is 1600 g/mol. The number of aliphatic hydroxyl groups is 8. The summed E-state index contributed by atoms with van der Waals surface area (Å²) in [7, 11) is -5.14. The van der Waals surface area contributed by atoms with Gasteiger partial charge in [-0.1, -0.05) is 91.3 Å². The molecule has 5 unspecified atom stereocenters.